The van der Waals surface area contributed by atoms with Crippen LogP contribution in [-0.2, 0) is 19.1 Å². The molecule has 20 heavy (non-hydrogen) atoms. The Morgan fingerprint density at radius 3 is 2.10 bits per heavy atom. The van der Waals surface area contributed by atoms with Crippen molar-refractivity contribution < 1.29 is 19.1 Å². The first-order chi connectivity index (χ1) is 8.53. The maximum atomic E-state index is 11.5. The molecule has 0 aromatic carbocycles. The van der Waals surface area contributed by atoms with Gasteiger partial charge in [0.2, 0.25) is 11.8 Å². The van der Waals surface area contributed by atoms with Crippen LogP contribution in [0.15, 0.2) is 0 Å². The molecule has 0 heterocycles. The summed E-state index contributed by atoms with van der Waals surface area (Å²) in [4.78, 5) is 34.0. The highest BCUT2D eigenvalue weighted by Gasteiger charge is 2.22. The first kappa shape index (κ1) is 21.0. The number of ether oxygens (including phenoxy) is 1. The molecule has 0 spiro atoms. The van der Waals surface area contributed by atoms with Crippen molar-refractivity contribution >= 4 is 30.2 Å². The van der Waals surface area contributed by atoms with E-state index in [4.69, 9.17) is 16.2 Å². The molecule has 0 saturated carbocycles. The van der Waals surface area contributed by atoms with Gasteiger partial charge < -0.3 is 21.5 Å². The average Bonchev–Trinajstić information content (AvgIpc) is 2.20. The second kappa shape index (κ2) is 8.76. The number of carbonyl (C=O) groups excluding carboxylic acids is 3. The molecule has 2 atom stereocenters. The van der Waals surface area contributed by atoms with E-state index in [-0.39, 0.29) is 25.2 Å². The molecule has 0 fully saturated rings. The van der Waals surface area contributed by atoms with E-state index in [9.17, 15) is 14.4 Å². The monoisotopic (exact) mass is 309 g/mol. The quantitative estimate of drug-likeness (QED) is 0.588. The minimum atomic E-state index is -0.925. The number of primary amides is 1. The third kappa shape index (κ3) is 9.57. The third-order valence-corrected chi connectivity index (χ3v) is 2.13. The molecule has 0 rings (SSSR count). The van der Waals surface area contributed by atoms with Crippen LogP contribution in [0.2, 0.25) is 0 Å². The van der Waals surface area contributed by atoms with E-state index < -0.39 is 35.5 Å². The summed E-state index contributed by atoms with van der Waals surface area (Å²) in [5.74, 6) is -1.65. The molecule has 0 saturated heterocycles. The summed E-state index contributed by atoms with van der Waals surface area (Å²) in [6, 6.07) is -1.67. The second-order valence-corrected chi connectivity index (χ2v) is 5.38. The molecule has 0 aromatic heterocycles. The lowest BCUT2D eigenvalue weighted by atomic mass is 10.1. The molecule has 0 aliphatic heterocycles. The zero-order valence-electron chi connectivity index (χ0n) is 12.3. The highest BCUT2D eigenvalue weighted by molar-refractivity contribution is 5.89. The average molecular weight is 310 g/mol. The Morgan fingerprint density at radius 1 is 1.25 bits per heavy atom. The van der Waals surface area contributed by atoms with Gasteiger partial charge in [0.1, 0.15) is 11.6 Å². The van der Waals surface area contributed by atoms with Crippen molar-refractivity contribution in [3.05, 3.63) is 0 Å². The van der Waals surface area contributed by atoms with Gasteiger partial charge in [-0.25, -0.2) is 0 Å². The van der Waals surface area contributed by atoms with Crippen molar-refractivity contribution in [3.8, 4) is 0 Å². The molecule has 5 N–H and O–H groups in total. The molecule has 0 radical (unpaired) electrons. The molecule has 118 valence electrons. The van der Waals surface area contributed by atoms with Crippen LogP contribution in [-0.4, -0.2) is 35.5 Å². The van der Waals surface area contributed by atoms with Gasteiger partial charge >= 0.3 is 5.97 Å². The summed E-state index contributed by atoms with van der Waals surface area (Å²) >= 11 is 0. The first-order valence-electron chi connectivity index (χ1n) is 6.10. The Hall–Kier alpha value is -1.34. The molecule has 0 aliphatic rings. The SMILES string of the molecule is C[C@@H](N)C(=O)N[C@H](CCC(=O)OC(C)(C)C)C(N)=O.Cl. The van der Waals surface area contributed by atoms with E-state index in [0.717, 1.165) is 0 Å². The van der Waals surface area contributed by atoms with E-state index in [1.807, 2.05) is 0 Å². The minimum absolute atomic E-state index is 0. The van der Waals surface area contributed by atoms with Crippen LogP contribution in [0.5, 0.6) is 0 Å². The van der Waals surface area contributed by atoms with E-state index in [2.05, 4.69) is 5.32 Å². The molecule has 0 aliphatic carbocycles. The van der Waals surface area contributed by atoms with E-state index in [0.29, 0.717) is 0 Å². The van der Waals surface area contributed by atoms with Gasteiger partial charge in [-0.1, -0.05) is 0 Å². The van der Waals surface area contributed by atoms with Gasteiger partial charge in [-0.2, -0.15) is 0 Å². The van der Waals surface area contributed by atoms with Crippen LogP contribution in [0, 0.1) is 0 Å². The van der Waals surface area contributed by atoms with Gasteiger partial charge in [-0.3, -0.25) is 14.4 Å². The maximum absolute atomic E-state index is 11.5. The lowest BCUT2D eigenvalue weighted by Crippen LogP contribution is -2.49. The van der Waals surface area contributed by atoms with Crippen molar-refractivity contribution in [2.24, 2.45) is 11.5 Å². The summed E-state index contributed by atoms with van der Waals surface area (Å²) in [6.45, 7) is 6.72. The molecular formula is C12H24ClN3O4. The topological polar surface area (TPSA) is 125 Å². The van der Waals surface area contributed by atoms with Crippen LogP contribution in [0.4, 0.5) is 0 Å². The first-order valence-corrected chi connectivity index (χ1v) is 6.10. The zero-order chi connectivity index (χ0) is 15.2. The Bertz CT molecular complexity index is 353. The Labute approximate surface area is 125 Å². The van der Waals surface area contributed by atoms with Gasteiger partial charge in [0.25, 0.3) is 0 Å². The summed E-state index contributed by atoms with van der Waals surface area (Å²) in [5, 5.41) is 2.39. The van der Waals surface area contributed by atoms with Gasteiger partial charge in [0.05, 0.1) is 6.04 Å². The standard InChI is InChI=1S/C12H23N3O4.ClH/c1-7(13)11(18)15-8(10(14)17)5-6-9(16)19-12(2,3)4;/h7-8H,5-6,13H2,1-4H3,(H2,14,17)(H,15,18);1H/t7-,8-;/m1./s1. The molecule has 2 amide bonds. The van der Waals surface area contributed by atoms with Gasteiger partial charge in [0.15, 0.2) is 0 Å². The number of rotatable bonds is 6. The largest absolute Gasteiger partial charge is 0.460 e. The fraction of sp³-hybridized carbons (Fsp3) is 0.750. The maximum Gasteiger partial charge on any atom is 0.306 e. The Balaban J connectivity index is 0. The molecule has 0 unspecified atom stereocenters. The van der Waals surface area contributed by atoms with Crippen LogP contribution in [0.25, 0.3) is 0 Å². The number of hydrogen-bond acceptors (Lipinski definition) is 5. The molecular weight excluding hydrogens is 286 g/mol. The molecule has 8 heteroatoms. The van der Waals surface area contributed by atoms with Crippen LogP contribution >= 0.6 is 12.4 Å². The van der Waals surface area contributed by atoms with Crippen LogP contribution in [0.1, 0.15) is 40.5 Å². The van der Waals surface area contributed by atoms with E-state index >= 15 is 0 Å². The van der Waals surface area contributed by atoms with E-state index in [1.54, 1.807) is 20.8 Å². The van der Waals surface area contributed by atoms with Gasteiger partial charge in [-0.15, -0.1) is 12.4 Å². The number of hydrogen-bond donors (Lipinski definition) is 3. The minimum Gasteiger partial charge on any atom is -0.460 e. The summed E-state index contributed by atoms with van der Waals surface area (Å²) in [6.07, 6.45) is 0.0762. The smallest absolute Gasteiger partial charge is 0.306 e. The number of amides is 2. The van der Waals surface area contributed by atoms with Crippen molar-refractivity contribution in [2.75, 3.05) is 0 Å². The van der Waals surface area contributed by atoms with Gasteiger partial charge in [-0.05, 0) is 34.1 Å². The second-order valence-electron chi connectivity index (χ2n) is 5.38. The summed E-state index contributed by atoms with van der Waals surface area (Å²) in [5.41, 5.74) is 9.93. The lowest BCUT2D eigenvalue weighted by Gasteiger charge is -2.21. The fourth-order valence-electron chi connectivity index (χ4n) is 1.24. The molecule has 0 aromatic rings. The fourth-order valence-corrected chi connectivity index (χ4v) is 1.24. The molecule has 0 bridgehead atoms. The number of nitrogens with one attached hydrogen (secondary N) is 1. The van der Waals surface area contributed by atoms with Crippen molar-refractivity contribution in [3.63, 3.8) is 0 Å². The number of esters is 1. The zero-order valence-corrected chi connectivity index (χ0v) is 13.1. The summed E-state index contributed by atoms with van der Waals surface area (Å²) in [7, 11) is 0. The van der Waals surface area contributed by atoms with E-state index in [1.165, 1.54) is 6.92 Å². The third-order valence-electron chi connectivity index (χ3n) is 2.13. The highest BCUT2D eigenvalue weighted by atomic mass is 35.5. The Kier molecular flexibility index (Phi) is 9.18. The normalized spacial score (nSPS) is 13.7. The predicted molar refractivity (Wildman–Crippen MR) is 77.1 cm³/mol. The van der Waals surface area contributed by atoms with Gasteiger partial charge in [0, 0.05) is 6.42 Å². The van der Waals surface area contributed by atoms with Crippen molar-refractivity contribution in [1.29, 1.82) is 0 Å². The summed E-state index contributed by atoms with van der Waals surface area (Å²) < 4.78 is 5.09. The number of halogens is 1. The molecule has 7 nitrogen and oxygen atoms in total. The van der Waals surface area contributed by atoms with Crippen LogP contribution < -0.4 is 16.8 Å². The predicted octanol–water partition coefficient (Wildman–Crippen LogP) is -0.153. The number of carbonyl (C=O) groups is 3. The van der Waals surface area contributed by atoms with Crippen molar-refractivity contribution in [2.45, 2.75) is 58.2 Å². The number of nitrogens with two attached hydrogens (primary N) is 2. The highest BCUT2D eigenvalue weighted by Crippen LogP contribution is 2.10. The Morgan fingerprint density at radius 2 is 1.75 bits per heavy atom. The van der Waals surface area contributed by atoms with Crippen molar-refractivity contribution in [1.82, 2.24) is 5.32 Å². The lowest BCUT2D eigenvalue weighted by molar-refractivity contribution is -0.155. The van der Waals surface area contributed by atoms with Crippen LogP contribution in [0.3, 0.4) is 0 Å².